The molecular weight excluding hydrogens is 230 g/mol. The van der Waals surface area contributed by atoms with Crippen molar-refractivity contribution in [3.8, 4) is 0 Å². The van der Waals surface area contributed by atoms with E-state index in [1.165, 1.54) is 41.5 Å². The van der Waals surface area contributed by atoms with Crippen LogP contribution in [0.1, 0.15) is 32.1 Å². The van der Waals surface area contributed by atoms with E-state index in [1.54, 1.807) is 0 Å². The normalized spacial score (nSPS) is 22.9. The molecule has 0 aromatic carbocycles. The highest BCUT2D eigenvalue weighted by Gasteiger charge is 2.33. The van der Waals surface area contributed by atoms with Crippen molar-refractivity contribution < 1.29 is 9.90 Å². The Morgan fingerprint density at radius 2 is 2.00 bits per heavy atom. The fourth-order valence-corrected chi connectivity index (χ4v) is 3.30. The first-order chi connectivity index (χ1) is 7.24. The second-order valence-electron chi connectivity index (χ2n) is 3.74. The van der Waals surface area contributed by atoms with Crippen molar-refractivity contribution in [2.45, 2.75) is 32.1 Å². The molecule has 2 fully saturated rings. The number of aliphatic hydroxyl groups is 1. The zero-order chi connectivity index (χ0) is 10.8. The lowest BCUT2D eigenvalue weighted by molar-refractivity contribution is -0.124. The second kappa shape index (κ2) is 4.63. The number of thiocarbonyl (C=S) groups is 1. The molecule has 1 aliphatic heterocycles. The van der Waals surface area contributed by atoms with E-state index in [0.717, 1.165) is 17.7 Å². The van der Waals surface area contributed by atoms with Crippen LogP contribution in [0.4, 0.5) is 0 Å². The molecule has 5 heteroatoms. The maximum absolute atomic E-state index is 11.8. The number of carbonyl (C=O) groups excluding carboxylic acids is 1. The van der Waals surface area contributed by atoms with Crippen LogP contribution in [0.5, 0.6) is 0 Å². The topological polar surface area (TPSA) is 40.5 Å². The van der Waals surface area contributed by atoms with E-state index in [1.807, 2.05) is 0 Å². The van der Waals surface area contributed by atoms with Gasteiger partial charge in [0.15, 0.2) is 0 Å². The molecule has 1 saturated carbocycles. The average molecular weight is 243 g/mol. The Morgan fingerprint density at radius 3 is 2.53 bits per heavy atom. The molecule has 1 amide bonds. The largest absolute Gasteiger partial charge is 0.376 e. The lowest BCUT2D eigenvalue weighted by atomic mass is 9.94. The van der Waals surface area contributed by atoms with Gasteiger partial charge in [0.1, 0.15) is 11.1 Å². The van der Waals surface area contributed by atoms with Gasteiger partial charge in [0, 0.05) is 0 Å². The van der Waals surface area contributed by atoms with Gasteiger partial charge in [-0.15, -0.1) is 0 Å². The lowest BCUT2D eigenvalue weighted by Crippen LogP contribution is -2.29. The third-order valence-electron chi connectivity index (χ3n) is 2.77. The Labute approximate surface area is 98.5 Å². The molecular formula is C10H13NO2S2. The summed E-state index contributed by atoms with van der Waals surface area (Å²) in [5.74, 6) is -0.107. The summed E-state index contributed by atoms with van der Waals surface area (Å²) in [5, 5.41) is 9.00. The van der Waals surface area contributed by atoms with Crippen LogP contribution >= 0.6 is 24.0 Å². The van der Waals surface area contributed by atoms with E-state index < -0.39 is 0 Å². The molecule has 0 aromatic heterocycles. The van der Waals surface area contributed by atoms with Crippen molar-refractivity contribution in [2.24, 2.45) is 0 Å². The highest BCUT2D eigenvalue weighted by Crippen LogP contribution is 2.37. The molecule has 0 aromatic rings. The summed E-state index contributed by atoms with van der Waals surface area (Å²) in [6, 6.07) is 0. The van der Waals surface area contributed by atoms with Gasteiger partial charge in [-0.25, -0.2) is 0 Å². The molecule has 1 aliphatic carbocycles. The van der Waals surface area contributed by atoms with E-state index in [9.17, 15) is 4.79 Å². The number of allylic oxidation sites excluding steroid dienone is 1. The molecule has 1 saturated heterocycles. The number of carbonyl (C=O) groups is 1. The number of aliphatic hydroxyl groups excluding tert-OH is 1. The van der Waals surface area contributed by atoms with Crippen LogP contribution in [0.25, 0.3) is 0 Å². The molecule has 3 nitrogen and oxygen atoms in total. The van der Waals surface area contributed by atoms with Crippen molar-refractivity contribution in [3.63, 3.8) is 0 Å². The molecule has 15 heavy (non-hydrogen) atoms. The molecule has 0 radical (unpaired) electrons. The Morgan fingerprint density at radius 1 is 1.33 bits per heavy atom. The zero-order valence-electron chi connectivity index (χ0n) is 8.36. The summed E-state index contributed by atoms with van der Waals surface area (Å²) in [6.07, 6.45) is 5.60. The zero-order valence-corrected chi connectivity index (χ0v) is 9.99. The van der Waals surface area contributed by atoms with E-state index in [2.05, 4.69) is 0 Å². The monoisotopic (exact) mass is 243 g/mol. The van der Waals surface area contributed by atoms with Crippen molar-refractivity contribution in [3.05, 3.63) is 10.5 Å². The minimum absolute atomic E-state index is 0.107. The van der Waals surface area contributed by atoms with Gasteiger partial charge in [0.2, 0.25) is 0 Å². The number of hydrogen-bond acceptors (Lipinski definition) is 4. The van der Waals surface area contributed by atoms with Crippen molar-refractivity contribution in [1.29, 1.82) is 0 Å². The van der Waals surface area contributed by atoms with Crippen molar-refractivity contribution >= 4 is 34.2 Å². The fraction of sp³-hybridized carbons (Fsp3) is 0.600. The van der Waals surface area contributed by atoms with Gasteiger partial charge in [0.25, 0.3) is 5.91 Å². The molecule has 1 N–H and O–H groups in total. The SMILES string of the molecule is O=C1C(=C2CCCCC2)SC(=S)N1CO. The van der Waals surface area contributed by atoms with Crippen molar-refractivity contribution in [1.82, 2.24) is 4.90 Å². The molecule has 2 rings (SSSR count). The second-order valence-corrected chi connectivity index (χ2v) is 5.38. The summed E-state index contributed by atoms with van der Waals surface area (Å²) < 4.78 is 0.482. The third-order valence-corrected chi connectivity index (χ3v) is 4.30. The Balaban J connectivity index is 2.23. The quantitative estimate of drug-likeness (QED) is 0.565. The predicted molar refractivity (Wildman–Crippen MR) is 64.2 cm³/mol. The average Bonchev–Trinajstić information content (AvgIpc) is 2.55. The Bertz CT molecular complexity index is 330. The van der Waals surface area contributed by atoms with Crippen LogP contribution in [0.15, 0.2) is 10.5 Å². The third kappa shape index (κ3) is 2.09. The standard InChI is InChI=1S/C10H13NO2S2/c12-6-11-9(13)8(15-10(11)14)7-4-2-1-3-5-7/h12H,1-6H2. The van der Waals surface area contributed by atoms with E-state index in [-0.39, 0.29) is 12.6 Å². The molecule has 2 aliphatic rings. The number of nitrogens with zero attached hydrogens (tertiary/aromatic N) is 1. The first-order valence-electron chi connectivity index (χ1n) is 5.10. The number of thioether (sulfide) groups is 1. The van der Waals surface area contributed by atoms with Gasteiger partial charge in [-0.1, -0.05) is 36.0 Å². The van der Waals surface area contributed by atoms with Gasteiger partial charge < -0.3 is 5.11 Å². The summed E-state index contributed by atoms with van der Waals surface area (Å²) in [4.78, 5) is 13.9. The first kappa shape index (κ1) is 11.1. The fourth-order valence-electron chi connectivity index (χ4n) is 1.94. The van der Waals surface area contributed by atoms with Gasteiger partial charge in [-0.3, -0.25) is 9.69 Å². The predicted octanol–water partition coefficient (Wildman–Crippen LogP) is 2.01. The van der Waals surface area contributed by atoms with E-state index in [4.69, 9.17) is 17.3 Å². The van der Waals surface area contributed by atoms with Gasteiger partial charge >= 0.3 is 0 Å². The maximum atomic E-state index is 11.8. The number of hydrogen-bond donors (Lipinski definition) is 1. The van der Waals surface area contributed by atoms with Gasteiger partial charge in [0.05, 0.1) is 4.91 Å². The van der Waals surface area contributed by atoms with Crippen LogP contribution < -0.4 is 0 Å². The number of rotatable bonds is 1. The van der Waals surface area contributed by atoms with E-state index in [0.29, 0.717) is 4.32 Å². The summed E-state index contributed by atoms with van der Waals surface area (Å²) in [7, 11) is 0. The molecule has 0 unspecified atom stereocenters. The summed E-state index contributed by atoms with van der Waals surface area (Å²) in [5.41, 5.74) is 1.23. The highest BCUT2D eigenvalue weighted by molar-refractivity contribution is 8.26. The minimum Gasteiger partial charge on any atom is -0.376 e. The minimum atomic E-state index is -0.304. The van der Waals surface area contributed by atoms with Crippen LogP contribution in [-0.4, -0.2) is 27.0 Å². The first-order valence-corrected chi connectivity index (χ1v) is 6.33. The maximum Gasteiger partial charge on any atom is 0.268 e. The van der Waals surface area contributed by atoms with Gasteiger partial charge in [-0.05, 0) is 25.7 Å². The molecule has 82 valence electrons. The highest BCUT2D eigenvalue weighted by atomic mass is 32.2. The molecule has 0 spiro atoms. The summed E-state index contributed by atoms with van der Waals surface area (Å²) >= 11 is 6.38. The lowest BCUT2D eigenvalue weighted by Gasteiger charge is -2.15. The van der Waals surface area contributed by atoms with Crippen LogP contribution in [0.2, 0.25) is 0 Å². The molecule has 0 bridgehead atoms. The smallest absolute Gasteiger partial charge is 0.268 e. The van der Waals surface area contributed by atoms with Crippen LogP contribution in [-0.2, 0) is 4.79 Å². The molecule has 0 atom stereocenters. The van der Waals surface area contributed by atoms with Gasteiger partial charge in [-0.2, -0.15) is 0 Å². The number of amides is 1. The Kier molecular flexibility index (Phi) is 3.43. The van der Waals surface area contributed by atoms with Crippen LogP contribution in [0.3, 0.4) is 0 Å². The van der Waals surface area contributed by atoms with Crippen molar-refractivity contribution in [2.75, 3.05) is 6.73 Å². The summed E-state index contributed by atoms with van der Waals surface area (Å²) in [6.45, 7) is -0.304. The van der Waals surface area contributed by atoms with Crippen LogP contribution in [0, 0.1) is 0 Å². The molecule has 1 heterocycles. The van der Waals surface area contributed by atoms with E-state index >= 15 is 0 Å². The Hall–Kier alpha value is -0.390.